The number of nitrogens with zero attached hydrogens (tertiary/aromatic N) is 3. The summed E-state index contributed by atoms with van der Waals surface area (Å²) in [6.07, 6.45) is 3.58. The Balaban J connectivity index is 1.62. The smallest absolute Gasteiger partial charge is 0.329 e. The van der Waals surface area contributed by atoms with Gasteiger partial charge >= 0.3 is 6.03 Å². The van der Waals surface area contributed by atoms with Gasteiger partial charge in [0, 0.05) is 47.4 Å². The van der Waals surface area contributed by atoms with Crippen LogP contribution in [0, 0.1) is 0 Å². The molecule has 0 fully saturated rings. The molecule has 0 atom stereocenters. The van der Waals surface area contributed by atoms with Gasteiger partial charge in [0.15, 0.2) is 0 Å². The van der Waals surface area contributed by atoms with Gasteiger partial charge in [-0.3, -0.25) is 9.40 Å². The minimum atomic E-state index is -0.331. The number of hydrogen-bond acceptors (Lipinski definition) is 5. The molecule has 2 heterocycles. The number of nitrogens with one attached hydrogen (secondary N) is 2. The summed E-state index contributed by atoms with van der Waals surface area (Å²) in [5, 5.41) is 10.2. The highest BCUT2D eigenvalue weighted by Gasteiger charge is 2.14. The zero-order valence-corrected chi connectivity index (χ0v) is 18.3. The zero-order valence-electron chi connectivity index (χ0n) is 17.5. The molecule has 4 aromatic rings. The highest BCUT2D eigenvalue weighted by atomic mass is 32.2. The molecular weight excluding hydrogens is 410 g/mol. The van der Waals surface area contributed by atoms with Gasteiger partial charge < -0.3 is 10.1 Å². The van der Waals surface area contributed by atoms with Crippen LogP contribution in [0.3, 0.4) is 0 Å². The van der Waals surface area contributed by atoms with Crippen molar-refractivity contribution < 1.29 is 9.53 Å². The minimum absolute atomic E-state index is 0.263. The minimum Gasteiger partial charge on any atom is -0.481 e. The van der Waals surface area contributed by atoms with Crippen LogP contribution in [0.15, 0.2) is 72.0 Å². The molecule has 2 amide bonds. The number of amides is 2. The van der Waals surface area contributed by atoms with Crippen LogP contribution in [0.25, 0.3) is 21.9 Å². The molecule has 4 rings (SSSR count). The normalized spacial score (nSPS) is 11.0. The lowest BCUT2D eigenvalue weighted by Gasteiger charge is -2.15. The molecular formula is C23H23N5O2S. The first-order valence-electron chi connectivity index (χ1n) is 9.86. The molecule has 2 aromatic heterocycles. The van der Waals surface area contributed by atoms with Crippen LogP contribution in [-0.2, 0) is 0 Å². The van der Waals surface area contributed by atoms with Crippen molar-refractivity contribution in [2.45, 2.75) is 24.9 Å². The third kappa shape index (κ3) is 4.64. The Hall–Kier alpha value is -3.52. The van der Waals surface area contributed by atoms with Gasteiger partial charge in [-0.15, -0.1) is 0 Å². The lowest BCUT2D eigenvalue weighted by molar-refractivity contribution is 0.257. The fourth-order valence-corrected chi connectivity index (χ4v) is 3.75. The van der Waals surface area contributed by atoms with E-state index in [9.17, 15) is 4.79 Å². The topological polar surface area (TPSA) is 81.1 Å². The van der Waals surface area contributed by atoms with E-state index >= 15 is 0 Å². The second kappa shape index (κ2) is 9.09. The van der Waals surface area contributed by atoms with Crippen LogP contribution in [0.2, 0.25) is 0 Å². The fraction of sp³-hybridized carbons (Fsp3) is 0.174. The standard InChI is InChI=1S/C23H23N5O2S/c1-15(2)28-13-11-21(26-28)31-27-23(29)25-22-18-7-5-4-6-16(18)8-9-19(22)17-10-12-24-20(14-17)30-3/h4-15H,1-3H3,(H2,25,27,29). The average molecular weight is 434 g/mol. The second-order valence-corrected chi connectivity index (χ2v) is 8.01. The highest BCUT2D eigenvalue weighted by molar-refractivity contribution is 7.97. The van der Waals surface area contributed by atoms with Crippen molar-refractivity contribution in [2.24, 2.45) is 0 Å². The Kier molecular flexibility index (Phi) is 6.08. The SMILES string of the molecule is COc1cc(-c2ccc3ccccc3c2NC(=O)NSc2ccn(C(C)C)n2)ccn1. The van der Waals surface area contributed by atoms with Crippen LogP contribution < -0.4 is 14.8 Å². The molecule has 0 saturated carbocycles. The summed E-state index contributed by atoms with van der Waals surface area (Å²) >= 11 is 1.18. The van der Waals surface area contributed by atoms with Crippen molar-refractivity contribution in [3.05, 3.63) is 67.0 Å². The number of pyridine rings is 1. The van der Waals surface area contributed by atoms with Crippen molar-refractivity contribution >= 4 is 34.4 Å². The molecule has 0 aliphatic carbocycles. The van der Waals surface area contributed by atoms with E-state index in [0.717, 1.165) is 32.6 Å². The summed E-state index contributed by atoms with van der Waals surface area (Å²) in [5.74, 6) is 0.511. The summed E-state index contributed by atoms with van der Waals surface area (Å²) in [5.41, 5.74) is 2.50. The summed E-state index contributed by atoms with van der Waals surface area (Å²) in [4.78, 5) is 16.9. The maximum atomic E-state index is 12.8. The van der Waals surface area contributed by atoms with E-state index in [0.29, 0.717) is 5.88 Å². The van der Waals surface area contributed by atoms with Crippen molar-refractivity contribution in [2.75, 3.05) is 12.4 Å². The monoisotopic (exact) mass is 433 g/mol. The van der Waals surface area contributed by atoms with E-state index in [4.69, 9.17) is 4.74 Å². The van der Waals surface area contributed by atoms with E-state index in [1.165, 1.54) is 11.9 Å². The van der Waals surface area contributed by atoms with E-state index in [-0.39, 0.29) is 12.1 Å². The molecule has 0 spiro atoms. The van der Waals surface area contributed by atoms with Gasteiger partial charge in [-0.2, -0.15) is 5.10 Å². The molecule has 2 aromatic carbocycles. The van der Waals surface area contributed by atoms with Crippen molar-refractivity contribution in [3.63, 3.8) is 0 Å². The highest BCUT2D eigenvalue weighted by Crippen LogP contribution is 2.35. The first-order chi connectivity index (χ1) is 15.0. The number of aromatic nitrogens is 3. The quantitative estimate of drug-likeness (QED) is 0.392. The largest absolute Gasteiger partial charge is 0.481 e. The maximum Gasteiger partial charge on any atom is 0.329 e. The number of urea groups is 1. The van der Waals surface area contributed by atoms with Gasteiger partial charge in [-0.25, -0.2) is 9.78 Å². The molecule has 8 heteroatoms. The second-order valence-electron chi connectivity index (χ2n) is 7.18. The van der Waals surface area contributed by atoms with Crippen LogP contribution in [0.5, 0.6) is 5.88 Å². The van der Waals surface area contributed by atoms with Crippen molar-refractivity contribution in [3.8, 4) is 17.0 Å². The third-order valence-corrected chi connectivity index (χ3v) is 5.50. The lowest BCUT2D eigenvalue weighted by Crippen LogP contribution is -2.23. The van der Waals surface area contributed by atoms with E-state index < -0.39 is 0 Å². The predicted molar refractivity (Wildman–Crippen MR) is 124 cm³/mol. The maximum absolute atomic E-state index is 12.8. The van der Waals surface area contributed by atoms with E-state index in [1.54, 1.807) is 13.3 Å². The van der Waals surface area contributed by atoms with E-state index in [2.05, 4.69) is 34.0 Å². The predicted octanol–water partition coefficient (Wildman–Crippen LogP) is 5.52. The van der Waals surface area contributed by atoms with Crippen LogP contribution in [-0.4, -0.2) is 27.9 Å². The van der Waals surface area contributed by atoms with Gasteiger partial charge in [0.25, 0.3) is 0 Å². The number of hydrogen-bond donors (Lipinski definition) is 2. The van der Waals surface area contributed by atoms with Gasteiger partial charge in [-0.1, -0.05) is 36.4 Å². The molecule has 0 unspecified atom stereocenters. The number of anilines is 1. The summed E-state index contributed by atoms with van der Waals surface area (Å²) < 4.78 is 9.94. The first-order valence-corrected chi connectivity index (χ1v) is 10.7. The van der Waals surface area contributed by atoms with Gasteiger partial charge in [0.1, 0.15) is 5.03 Å². The third-order valence-electron chi connectivity index (χ3n) is 4.78. The summed E-state index contributed by atoms with van der Waals surface area (Å²) in [6, 6.07) is 17.5. The number of ether oxygens (including phenoxy) is 1. The van der Waals surface area contributed by atoms with E-state index in [1.807, 2.05) is 65.5 Å². The Bertz CT molecular complexity index is 1220. The Morgan fingerprint density at radius 3 is 2.74 bits per heavy atom. The Morgan fingerprint density at radius 2 is 1.97 bits per heavy atom. The number of carbonyl (C=O) groups is 1. The van der Waals surface area contributed by atoms with Crippen molar-refractivity contribution in [1.82, 2.24) is 19.5 Å². The molecule has 158 valence electrons. The number of rotatable bonds is 6. The molecule has 7 nitrogen and oxygen atoms in total. The number of benzene rings is 2. The number of carbonyl (C=O) groups excluding carboxylic acids is 1. The fourth-order valence-electron chi connectivity index (χ4n) is 3.24. The molecule has 2 N–H and O–H groups in total. The molecule has 0 aliphatic rings. The van der Waals surface area contributed by atoms with Gasteiger partial charge in [-0.05, 0) is 36.9 Å². The molecule has 0 radical (unpaired) electrons. The van der Waals surface area contributed by atoms with Gasteiger partial charge in [0.2, 0.25) is 5.88 Å². The van der Waals surface area contributed by atoms with Crippen LogP contribution in [0.4, 0.5) is 10.5 Å². The summed E-state index contributed by atoms with van der Waals surface area (Å²) in [6.45, 7) is 4.11. The molecule has 0 bridgehead atoms. The number of methoxy groups -OCH3 is 1. The Morgan fingerprint density at radius 1 is 1.13 bits per heavy atom. The first kappa shape index (κ1) is 20.7. The molecule has 0 aliphatic heterocycles. The molecule has 0 saturated heterocycles. The number of fused-ring (bicyclic) bond motifs is 1. The van der Waals surface area contributed by atoms with Crippen LogP contribution >= 0.6 is 11.9 Å². The Labute approximate surface area is 185 Å². The average Bonchev–Trinajstić information content (AvgIpc) is 3.27. The summed E-state index contributed by atoms with van der Waals surface area (Å²) in [7, 11) is 1.58. The molecule has 31 heavy (non-hydrogen) atoms. The lowest BCUT2D eigenvalue weighted by atomic mass is 9.99. The van der Waals surface area contributed by atoms with Gasteiger partial charge in [0.05, 0.1) is 12.8 Å². The zero-order chi connectivity index (χ0) is 21.8. The van der Waals surface area contributed by atoms with Crippen LogP contribution in [0.1, 0.15) is 19.9 Å². The van der Waals surface area contributed by atoms with Crippen molar-refractivity contribution in [1.29, 1.82) is 0 Å².